The predicted octanol–water partition coefficient (Wildman–Crippen LogP) is 5.18. The highest BCUT2D eigenvalue weighted by Crippen LogP contribution is 2.33. The lowest BCUT2D eigenvalue weighted by Gasteiger charge is -2.30. The monoisotopic (exact) mass is 419 g/mol. The Morgan fingerprint density at radius 1 is 1.10 bits per heavy atom. The van der Waals surface area contributed by atoms with Crippen molar-refractivity contribution in [1.29, 1.82) is 0 Å². The van der Waals surface area contributed by atoms with Crippen molar-refractivity contribution in [2.24, 2.45) is 5.92 Å². The normalized spacial score (nSPS) is 16.3. The number of nitrogens with one attached hydrogen (secondary N) is 1. The molecule has 1 aliphatic rings. The van der Waals surface area contributed by atoms with Crippen molar-refractivity contribution in [3.8, 4) is 11.5 Å². The molecule has 0 radical (unpaired) electrons. The first-order valence-electron chi connectivity index (χ1n) is 10.7. The summed E-state index contributed by atoms with van der Waals surface area (Å²) in [6, 6.07) is 13.6. The number of amides is 1. The van der Waals surface area contributed by atoms with E-state index in [1.807, 2.05) is 48.2 Å². The molecule has 0 saturated carbocycles. The number of rotatable bonds is 5. The van der Waals surface area contributed by atoms with E-state index in [4.69, 9.17) is 14.5 Å². The van der Waals surface area contributed by atoms with Gasteiger partial charge in [0, 0.05) is 30.2 Å². The van der Waals surface area contributed by atoms with Crippen LogP contribution < -0.4 is 14.8 Å². The van der Waals surface area contributed by atoms with E-state index in [-0.39, 0.29) is 5.91 Å². The lowest BCUT2D eigenvalue weighted by Crippen LogP contribution is -2.39. The minimum atomic E-state index is -0.00983. The number of anilines is 2. The first kappa shape index (κ1) is 21.0. The van der Waals surface area contributed by atoms with Gasteiger partial charge in [-0.3, -0.25) is 4.79 Å². The summed E-state index contributed by atoms with van der Waals surface area (Å²) in [7, 11) is 3.23. The first-order chi connectivity index (χ1) is 15.0. The van der Waals surface area contributed by atoms with E-state index in [2.05, 4.69) is 18.3 Å². The average molecular weight is 420 g/mol. The van der Waals surface area contributed by atoms with Gasteiger partial charge in [0.2, 0.25) is 0 Å². The molecule has 2 aromatic carbocycles. The number of benzene rings is 2. The Hall–Kier alpha value is -3.28. The number of fused-ring (bicyclic) bond motifs is 1. The molecule has 31 heavy (non-hydrogen) atoms. The first-order valence-corrected chi connectivity index (χ1v) is 10.7. The van der Waals surface area contributed by atoms with Crippen LogP contribution in [0.3, 0.4) is 0 Å². The minimum absolute atomic E-state index is 0.00983. The molecular formula is C25H29N3O3. The van der Waals surface area contributed by atoms with E-state index in [1.54, 1.807) is 14.2 Å². The number of hydrogen-bond donors (Lipinski definition) is 1. The maximum atomic E-state index is 13.2. The highest BCUT2D eigenvalue weighted by Gasteiger charge is 2.24. The average Bonchev–Trinajstić information content (AvgIpc) is 2.78. The van der Waals surface area contributed by atoms with Crippen LogP contribution in [0, 0.1) is 12.8 Å². The van der Waals surface area contributed by atoms with Crippen LogP contribution in [-0.4, -0.2) is 43.1 Å². The maximum absolute atomic E-state index is 13.2. The maximum Gasteiger partial charge on any atom is 0.272 e. The third-order valence-electron chi connectivity index (χ3n) is 5.79. The third-order valence-corrected chi connectivity index (χ3v) is 5.79. The minimum Gasteiger partial charge on any atom is -0.493 e. The molecule has 162 valence electrons. The fraction of sp³-hybridized carbons (Fsp3) is 0.360. The number of carbonyl (C=O) groups excluding carboxylic acids is 1. The van der Waals surface area contributed by atoms with Crippen molar-refractivity contribution in [3.05, 3.63) is 53.7 Å². The molecule has 1 atom stereocenters. The lowest BCUT2D eigenvalue weighted by molar-refractivity contribution is 0.0677. The number of aryl methyl sites for hydroxylation is 1. The fourth-order valence-electron chi connectivity index (χ4n) is 4.16. The Labute approximate surface area is 183 Å². The van der Waals surface area contributed by atoms with Crippen molar-refractivity contribution in [3.63, 3.8) is 0 Å². The molecule has 1 unspecified atom stereocenters. The van der Waals surface area contributed by atoms with E-state index in [1.165, 1.54) is 6.42 Å². The van der Waals surface area contributed by atoms with Crippen LogP contribution in [0.15, 0.2) is 42.5 Å². The van der Waals surface area contributed by atoms with E-state index in [9.17, 15) is 4.79 Å². The van der Waals surface area contributed by atoms with Gasteiger partial charge in [-0.2, -0.15) is 0 Å². The number of carbonyl (C=O) groups is 1. The van der Waals surface area contributed by atoms with Crippen LogP contribution in [0.25, 0.3) is 10.9 Å². The molecule has 2 heterocycles. The molecular weight excluding hydrogens is 390 g/mol. The smallest absolute Gasteiger partial charge is 0.272 e. The Kier molecular flexibility index (Phi) is 5.98. The second kappa shape index (κ2) is 8.84. The number of aromatic nitrogens is 1. The second-order valence-electron chi connectivity index (χ2n) is 8.27. The van der Waals surface area contributed by atoms with Crippen LogP contribution in [0.4, 0.5) is 11.4 Å². The van der Waals surface area contributed by atoms with Gasteiger partial charge in [0.25, 0.3) is 5.91 Å². The summed E-state index contributed by atoms with van der Waals surface area (Å²) in [5.74, 6) is 1.81. The number of methoxy groups -OCH3 is 2. The summed E-state index contributed by atoms with van der Waals surface area (Å²) in [6.07, 6.45) is 2.21. The molecule has 0 bridgehead atoms. The van der Waals surface area contributed by atoms with E-state index in [0.717, 1.165) is 47.4 Å². The largest absolute Gasteiger partial charge is 0.493 e. The molecule has 1 aromatic heterocycles. The highest BCUT2D eigenvalue weighted by molar-refractivity contribution is 6.01. The van der Waals surface area contributed by atoms with Crippen LogP contribution in [0.2, 0.25) is 0 Å². The predicted molar refractivity (Wildman–Crippen MR) is 124 cm³/mol. The van der Waals surface area contributed by atoms with Gasteiger partial charge in [0.05, 0.1) is 25.4 Å². The third kappa shape index (κ3) is 4.43. The molecule has 6 nitrogen and oxygen atoms in total. The van der Waals surface area contributed by atoms with Gasteiger partial charge in [-0.15, -0.1) is 0 Å². The molecule has 1 N–H and O–H groups in total. The van der Waals surface area contributed by atoms with Gasteiger partial charge in [0.1, 0.15) is 5.69 Å². The molecule has 6 heteroatoms. The van der Waals surface area contributed by atoms with Gasteiger partial charge >= 0.3 is 0 Å². The number of nitrogens with zero attached hydrogens (tertiary/aromatic N) is 2. The number of likely N-dealkylation sites (tertiary alicyclic amines) is 1. The SMILES string of the molecule is COc1ccc(Nc2cc(C(=O)N3CCCC(C)C3)nc3ccc(C)cc23)cc1OC. The summed E-state index contributed by atoms with van der Waals surface area (Å²) >= 11 is 0. The highest BCUT2D eigenvalue weighted by atomic mass is 16.5. The number of pyridine rings is 1. The quantitative estimate of drug-likeness (QED) is 0.618. The van der Waals surface area contributed by atoms with E-state index >= 15 is 0 Å². The van der Waals surface area contributed by atoms with Crippen LogP contribution >= 0.6 is 0 Å². The second-order valence-corrected chi connectivity index (χ2v) is 8.27. The standard InChI is InChI=1S/C25H29N3O3/c1-16-7-9-20-19(12-16)21(26-18-8-10-23(30-3)24(13-18)31-4)14-22(27-20)25(29)28-11-5-6-17(2)15-28/h7-10,12-14,17H,5-6,11,15H2,1-4H3,(H,26,27). The Morgan fingerprint density at radius 3 is 2.65 bits per heavy atom. The van der Waals surface area contributed by atoms with Crippen molar-refractivity contribution in [2.75, 3.05) is 32.6 Å². The molecule has 0 spiro atoms. The number of ether oxygens (including phenoxy) is 2. The molecule has 4 rings (SSSR count). The summed E-state index contributed by atoms with van der Waals surface area (Å²) in [6.45, 7) is 5.81. The Balaban J connectivity index is 1.74. The van der Waals surface area contributed by atoms with Gasteiger partial charge in [0.15, 0.2) is 11.5 Å². The summed E-state index contributed by atoms with van der Waals surface area (Å²) in [5, 5.41) is 4.43. The topological polar surface area (TPSA) is 63.7 Å². The van der Waals surface area contributed by atoms with E-state index < -0.39 is 0 Å². The molecule has 1 amide bonds. The van der Waals surface area contributed by atoms with E-state index in [0.29, 0.717) is 23.1 Å². The van der Waals surface area contributed by atoms with Crippen LogP contribution in [0.1, 0.15) is 35.8 Å². The fourth-order valence-corrected chi connectivity index (χ4v) is 4.16. The van der Waals surface area contributed by atoms with Gasteiger partial charge < -0.3 is 19.7 Å². The van der Waals surface area contributed by atoms with Crippen molar-refractivity contribution < 1.29 is 14.3 Å². The van der Waals surface area contributed by atoms with Gasteiger partial charge in [-0.25, -0.2) is 4.98 Å². The summed E-state index contributed by atoms with van der Waals surface area (Å²) in [5.41, 5.74) is 4.08. The van der Waals surface area contributed by atoms with Gasteiger partial charge in [-0.05, 0) is 56.0 Å². The van der Waals surface area contributed by atoms with Crippen molar-refractivity contribution in [1.82, 2.24) is 9.88 Å². The van der Waals surface area contributed by atoms with Crippen LogP contribution in [-0.2, 0) is 0 Å². The Bertz CT molecular complexity index is 1110. The molecule has 1 aliphatic heterocycles. The Morgan fingerprint density at radius 2 is 1.90 bits per heavy atom. The molecule has 1 saturated heterocycles. The number of hydrogen-bond acceptors (Lipinski definition) is 5. The van der Waals surface area contributed by atoms with Crippen LogP contribution in [0.5, 0.6) is 11.5 Å². The zero-order chi connectivity index (χ0) is 22.0. The summed E-state index contributed by atoms with van der Waals surface area (Å²) in [4.78, 5) is 19.9. The zero-order valence-electron chi connectivity index (χ0n) is 18.6. The van der Waals surface area contributed by atoms with Crippen molar-refractivity contribution in [2.45, 2.75) is 26.7 Å². The van der Waals surface area contributed by atoms with Crippen molar-refractivity contribution >= 4 is 28.2 Å². The molecule has 1 fully saturated rings. The van der Waals surface area contributed by atoms with Gasteiger partial charge in [-0.1, -0.05) is 18.6 Å². The lowest BCUT2D eigenvalue weighted by atomic mass is 10.00. The zero-order valence-corrected chi connectivity index (χ0v) is 18.6. The summed E-state index contributed by atoms with van der Waals surface area (Å²) < 4.78 is 10.8. The molecule has 3 aromatic rings. The number of piperidine rings is 1. The molecule has 0 aliphatic carbocycles.